The minimum atomic E-state index is 0.396. The summed E-state index contributed by atoms with van der Waals surface area (Å²) in [4.78, 5) is 0. The third-order valence-corrected chi connectivity index (χ3v) is 4.49. The molecule has 0 heterocycles. The topological polar surface area (TPSA) is 9.23 Å². The predicted octanol–water partition coefficient (Wildman–Crippen LogP) is 4.98. The molecule has 0 saturated heterocycles. The van der Waals surface area contributed by atoms with E-state index in [0.29, 0.717) is 11.3 Å². The van der Waals surface area contributed by atoms with Crippen LogP contribution in [0.5, 0.6) is 0 Å². The smallest absolute Gasteiger partial charge is 0.0717 e. The van der Waals surface area contributed by atoms with E-state index in [1.165, 1.54) is 36.8 Å². The van der Waals surface area contributed by atoms with Gasteiger partial charge in [-0.2, -0.15) is 0 Å². The lowest BCUT2D eigenvalue weighted by atomic mass is 9.90. The maximum atomic E-state index is 5.89. The summed E-state index contributed by atoms with van der Waals surface area (Å²) < 4.78 is 5.89. The molecule has 1 nitrogen and oxygen atoms in total. The molecule has 2 atom stereocenters. The van der Waals surface area contributed by atoms with E-state index >= 15 is 0 Å². The number of rotatable bonds is 8. The van der Waals surface area contributed by atoms with E-state index in [1.807, 2.05) is 6.07 Å². The van der Waals surface area contributed by atoms with Gasteiger partial charge in [0.15, 0.2) is 0 Å². The molecule has 1 saturated carbocycles. The van der Waals surface area contributed by atoms with Gasteiger partial charge in [0, 0.05) is 0 Å². The van der Waals surface area contributed by atoms with Gasteiger partial charge in [0.2, 0.25) is 0 Å². The first-order valence-corrected chi connectivity index (χ1v) is 7.46. The molecule has 1 fully saturated rings. The predicted molar refractivity (Wildman–Crippen MR) is 81.0 cm³/mol. The third-order valence-electron chi connectivity index (χ3n) is 4.49. The van der Waals surface area contributed by atoms with E-state index in [9.17, 15) is 0 Å². The zero-order chi connectivity index (χ0) is 13.7. The standard InChI is InChI=1S/C18H26O/c1-4-5-11-18(15(2)3)12-17(18)14-19-13-16-9-7-6-8-10-16/h6-10,17H,2,4-5,11-14H2,1,3H3/t17-,18-/m0/s1. The molecular weight excluding hydrogens is 232 g/mol. The van der Waals surface area contributed by atoms with Crippen molar-refractivity contribution in [3.8, 4) is 0 Å². The molecule has 19 heavy (non-hydrogen) atoms. The quantitative estimate of drug-likeness (QED) is 0.598. The molecule has 1 aliphatic rings. The molecule has 0 amide bonds. The zero-order valence-corrected chi connectivity index (χ0v) is 12.3. The van der Waals surface area contributed by atoms with Crippen LogP contribution in [0.4, 0.5) is 0 Å². The molecule has 1 aromatic rings. The number of hydrogen-bond donors (Lipinski definition) is 0. The van der Waals surface area contributed by atoms with Gasteiger partial charge in [-0.25, -0.2) is 0 Å². The van der Waals surface area contributed by atoms with E-state index in [-0.39, 0.29) is 0 Å². The molecule has 1 aromatic carbocycles. The van der Waals surface area contributed by atoms with Gasteiger partial charge in [-0.3, -0.25) is 0 Å². The highest BCUT2D eigenvalue weighted by molar-refractivity contribution is 5.21. The maximum absolute atomic E-state index is 5.89. The fraction of sp³-hybridized carbons (Fsp3) is 0.556. The van der Waals surface area contributed by atoms with Crippen molar-refractivity contribution in [1.29, 1.82) is 0 Å². The molecule has 2 rings (SSSR count). The molecule has 0 aromatic heterocycles. The van der Waals surface area contributed by atoms with Crippen LogP contribution in [0.1, 0.15) is 45.1 Å². The van der Waals surface area contributed by atoms with E-state index < -0.39 is 0 Å². The Kier molecular flexibility index (Phi) is 4.81. The number of ether oxygens (including phenoxy) is 1. The number of hydrogen-bond acceptors (Lipinski definition) is 1. The van der Waals surface area contributed by atoms with Gasteiger partial charge in [-0.05, 0) is 36.7 Å². The lowest BCUT2D eigenvalue weighted by Gasteiger charge is -2.17. The van der Waals surface area contributed by atoms with Gasteiger partial charge in [0.25, 0.3) is 0 Å². The van der Waals surface area contributed by atoms with Gasteiger partial charge in [-0.1, -0.05) is 62.2 Å². The van der Waals surface area contributed by atoms with E-state index in [4.69, 9.17) is 4.74 Å². The van der Waals surface area contributed by atoms with Crippen molar-refractivity contribution in [1.82, 2.24) is 0 Å². The van der Waals surface area contributed by atoms with Crippen LogP contribution in [0.2, 0.25) is 0 Å². The summed E-state index contributed by atoms with van der Waals surface area (Å²) in [6.45, 7) is 10.3. The summed E-state index contributed by atoms with van der Waals surface area (Å²) in [5.74, 6) is 0.695. The first-order chi connectivity index (χ1) is 9.19. The Hall–Kier alpha value is -1.08. The number of allylic oxidation sites excluding steroid dienone is 1. The molecule has 0 radical (unpaired) electrons. The average Bonchev–Trinajstić information content (AvgIpc) is 3.13. The van der Waals surface area contributed by atoms with Gasteiger partial charge in [0.1, 0.15) is 0 Å². The summed E-state index contributed by atoms with van der Waals surface area (Å²) in [5.41, 5.74) is 3.01. The zero-order valence-electron chi connectivity index (χ0n) is 12.3. The molecule has 0 N–H and O–H groups in total. The first-order valence-electron chi connectivity index (χ1n) is 7.46. The SMILES string of the molecule is C=C(C)[C@]1(CCCC)C[C@H]1COCc1ccccc1. The lowest BCUT2D eigenvalue weighted by molar-refractivity contribution is 0.102. The second-order valence-corrected chi connectivity index (χ2v) is 5.94. The summed E-state index contributed by atoms with van der Waals surface area (Å²) in [5, 5.41) is 0. The van der Waals surface area contributed by atoms with Gasteiger partial charge >= 0.3 is 0 Å². The van der Waals surface area contributed by atoms with E-state index in [0.717, 1.165) is 13.2 Å². The van der Waals surface area contributed by atoms with Crippen molar-refractivity contribution in [2.45, 2.75) is 46.1 Å². The Morgan fingerprint density at radius 1 is 1.37 bits per heavy atom. The monoisotopic (exact) mass is 258 g/mol. The number of unbranched alkanes of at least 4 members (excludes halogenated alkanes) is 1. The Bertz CT molecular complexity index is 409. The molecule has 0 bridgehead atoms. The summed E-state index contributed by atoms with van der Waals surface area (Å²) in [7, 11) is 0. The van der Waals surface area contributed by atoms with Crippen molar-refractivity contribution in [3.63, 3.8) is 0 Å². The van der Waals surface area contributed by atoms with Crippen LogP contribution < -0.4 is 0 Å². The number of benzene rings is 1. The van der Waals surface area contributed by atoms with Crippen LogP contribution in [0.3, 0.4) is 0 Å². The summed E-state index contributed by atoms with van der Waals surface area (Å²) >= 11 is 0. The fourth-order valence-electron chi connectivity index (χ4n) is 3.03. The van der Waals surface area contributed by atoms with Gasteiger partial charge in [-0.15, -0.1) is 0 Å². The second kappa shape index (κ2) is 6.38. The first kappa shape index (κ1) is 14.3. The van der Waals surface area contributed by atoms with Crippen LogP contribution in [-0.2, 0) is 11.3 Å². The average molecular weight is 258 g/mol. The van der Waals surface area contributed by atoms with Crippen molar-refractivity contribution >= 4 is 0 Å². The molecule has 1 heteroatoms. The molecule has 0 aliphatic heterocycles. The maximum Gasteiger partial charge on any atom is 0.0717 e. The highest BCUT2D eigenvalue weighted by Crippen LogP contribution is 2.60. The highest BCUT2D eigenvalue weighted by atomic mass is 16.5. The van der Waals surface area contributed by atoms with Gasteiger partial charge in [0.05, 0.1) is 13.2 Å². The third kappa shape index (κ3) is 3.48. The van der Waals surface area contributed by atoms with Crippen LogP contribution in [0, 0.1) is 11.3 Å². The Labute approximate surface area is 117 Å². The summed E-state index contributed by atoms with van der Waals surface area (Å²) in [6.07, 6.45) is 5.14. The molecule has 0 unspecified atom stereocenters. The van der Waals surface area contributed by atoms with Crippen LogP contribution in [-0.4, -0.2) is 6.61 Å². The molecule has 0 spiro atoms. The second-order valence-electron chi connectivity index (χ2n) is 5.94. The molecule has 104 valence electrons. The largest absolute Gasteiger partial charge is 0.376 e. The van der Waals surface area contributed by atoms with Crippen molar-refractivity contribution in [3.05, 3.63) is 48.0 Å². The Morgan fingerprint density at radius 2 is 2.11 bits per heavy atom. The minimum Gasteiger partial charge on any atom is -0.376 e. The normalized spacial score (nSPS) is 25.3. The van der Waals surface area contributed by atoms with E-state index in [2.05, 4.69) is 44.7 Å². The highest BCUT2D eigenvalue weighted by Gasteiger charge is 2.53. The molecular formula is C18H26O. The Balaban J connectivity index is 1.77. The van der Waals surface area contributed by atoms with Gasteiger partial charge < -0.3 is 4.74 Å². The minimum absolute atomic E-state index is 0.396. The fourth-order valence-corrected chi connectivity index (χ4v) is 3.03. The van der Waals surface area contributed by atoms with Crippen LogP contribution >= 0.6 is 0 Å². The van der Waals surface area contributed by atoms with Crippen LogP contribution in [0.15, 0.2) is 42.5 Å². The van der Waals surface area contributed by atoms with Crippen molar-refractivity contribution in [2.75, 3.05) is 6.61 Å². The molecule has 1 aliphatic carbocycles. The van der Waals surface area contributed by atoms with E-state index in [1.54, 1.807) is 0 Å². The van der Waals surface area contributed by atoms with Crippen molar-refractivity contribution < 1.29 is 4.74 Å². The van der Waals surface area contributed by atoms with Crippen molar-refractivity contribution in [2.24, 2.45) is 11.3 Å². The Morgan fingerprint density at radius 3 is 2.74 bits per heavy atom. The lowest BCUT2D eigenvalue weighted by Crippen LogP contribution is -2.09. The summed E-state index contributed by atoms with van der Waals surface area (Å²) in [6, 6.07) is 10.4. The van der Waals surface area contributed by atoms with Crippen LogP contribution in [0.25, 0.3) is 0 Å².